The number of nitriles is 1. The van der Waals surface area contributed by atoms with Crippen LogP contribution in [0.25, 0.3) is 0 Å². The molecule has 0 bridgehead atoms. The summed E-state index contributed by atoms with van der Waals surface area (Å²) in [6.45, 7) is 0. The molecule has 0 spiro atoms. The van der Waals surface area contributed by atoms with Crippen LogP contribution >= 0.6 is 0 Å². The van der Waals surface area contributed by atoms with E-state index in [1.165, 1.54) is 0 Å². The van der Waals surface area contributed by atoms with Crippen LogP contribution in [0.4, 0.5) is 0 Å². The van der Waals surface area contributed by atoms with E-state index < -0.39 is 0 Å². The molecule has 60 valence electrons. The lowest BCUT2D eigenvalue weighted by Gasteiger charge is -1.83. The van der Waals surface area contributed by atoms with Gasteiger partial charge in [-0.3, -0.25) is 0 Å². The van der Waals surface area contributed by atoms with E-state index in [1.54, 1.807) is 0 Å². The van der Waals surface area contributed by atoms with Gasteiger partial charge in [0.1, 0.15) is 12.6 Å². The van der Waals surface area contributed by atoms with Gasteiger partial charge in [0.15, 0.2) is 5.69 Å². The average molecular weight is 263 g/mol. The van der Waals surface area contributed by atoms with Gasteiger partial charge in [0.25, 0.3) is 0 Å². The Bertz CT molecular complexity index is 272. The second kappa shape index (κ2) is 4.34. The number of imidazole rings is 1. The minimum atomic E-state index is 0. The monoisotopic (exact) mass is 263 g/mol. The maximum absolute atomic E-state index is 8.38. The molecule has 0 saturated heterocycles. The second-order valence-electron chi connectivity index (χ2n) is 2.35. The zero-order valence-corrected chi connectivity index (χ0v) is 8.74. The van der Waals surface area contributed by atoms with E-state index >= 15 is 0 Å². The van der Waals surface area contributed by atoms with Gasteiger partial charge in [0.05, 0.1) is 20.2 Å². The van der Waals surface area contributed by atoms with Crippen molar-refractivity contribution < 1.29 is 28.5 Å². The molecule has 0 aromatic carbocycles. The highest BCUT2D eigenvalue weighted by atomic mass is 127. The third kappa shape index (κ3) is 2.50. The van der Waals surface area contributed by atoms with Gasteiger partial charge in [-0.1, -0.05) is 0 Å². The summed E-state index contributed by atoms with van der Waals surface area (Å²) >= 11 is 0. The molecule has 1 aromatic heterocycles. The Morgan fingerprint density at radius 3 is 2.73 bits per heavy atom. The second-order valence-corrected chi connectivity index (χ2v) is 2.35. The van der Waals surface area contributed by atoms with Gasteiger partial charge >= 0.3 is 0 Å². The van der Waals surface area contributed by atoms with Crippen molar-refractivity contribution in [3.63, 3.8) is 0 Å². The van der Waals surface area contributed by atoms with Crippen molar-refractivity contribution in [2.45, 2.75) is 6.42 Å². The lowest BCUT2D eigenvalue weighted by atomic mass is 10.3. The van der Waals surface area contributed by atoms with E-state index in [2.05, 4.69) is 6.07 Å². The Kier molecular flexibility index (Phi) is 4.11. The van der Waals surface area contributed by atoms with Gasteiger partial charge in [-0.2, -0.15) is 5.26 Å². The van der Waals surface area contributed by atoms with Crippen molar-refractivity contribution in [3.8, 4) is 6.07 Å². The van der Waals surface area contributed by atoms with Crippen molar-refractivity contribution in [1.82, 2.24) is 4.57 Å². The third-order valence-electron chi connectivity index (χ3n) is 1.42. The van der Waals surface area contributed by atoms with Crippen LogP contribution in [0.2, 0.25) is 0 Å². The molecule has 1 heterocycles. The fourth-order valence-electron chi connectivity index (χ4n) is 0.958. The number of hydrogen-bond acceptors (Lipinski definition) is 1. The molecule has 0 unspecified atom stereocenters. The van der Waals surface area contributed by atoms with Crippen LogP contribution in [0.5, 0.6) is 0 Å². The highest BCUT2D eigenvalue weighted by molar-refractivity contribution is 5.00. The van der Waals surface area contributed by atoms with E-state index in [-0.39, 0.29) is 24.0 Å². The first kappa shape index (κ1) is 10.4. The largest absolute Gasteiger partial charge is 1.00 e. The molecule has 0 aliphatic carbocycles. The van der Waals surface area contributed by atoms with Crippen LogP contribution in [0.15, 0.2) is 12.5 Å². The molecular weight excluding hydrogens is 253 g/mol. The molecule has 3 nitrogen and oxygen atoms in total. The number of nitrogens with zero attached hydrogens (tertiary/aromatic N) is 3. The summed E-state index contributed by atoms with van der Waals surface area (Å²) in [6, 6.07) is 2.10. The molecule has 1 aromatic rings. The lowest BCUT2D eigenvalue weighted by Crippen LogP contribution is -3.00. The van der Waals surface area contributed by atoms with E-state index in [9.17, 15) is 0 Å². The standard InChI is InChI=1S/C7H10N3.HI/c1-9-5-7(3-4-8)10(2)6-9;/h5-6H,3H2,1-2H3;1H/q+1;/p-1. The van der Waals surface area contributed by atoms with E-state index in [1.807, 2.05) is 35.8 Å². The Balaban J connectivity index is 0.000001000. The van der Waals surface area contributed by atoms with Crippen LogP contribution in [-0.4, -0.2) is 4.57 Å². The van der Waals surface area contributed by atoms with E-state index in [0.29, 0.717) is 6.42 Å². The molecule has 1 rings (SSSR count). The van der Waals surface area contributed by atoms with Gasteiger partial charge < -0.3 is 24.0 Å². The van der Waals surface area contributed by atoms with Crippen molar-refractivity contribution in [2.24, 2.45) is 14.1 Å². The molecule has 4 heteroatoms. The summed E-state index contributed by atoms with van der Waals surface area (Å²) in [5.74, 6) is 0. The van der Waals surface area contributed by atoms with Crippen LogP contribution in [-0.2, 0) is 20.5 Å². The molecular formula is C7H10IN3. The summed E-state index contributed by atoms with van der Waals surface area (Å²) in [6.07, 6.45) is 4.37. The molecule has 0 saturated carbocycles. The fourth-order valence-corrected chi connectivity index (χ4v) is 0.958. The van der Waals surface area contributed by atoms with Crippen molar-refractivity contribution in [2.75, 3.05) is 0 Å². The smallest absolute Gasteiger partial charge is 0.243 e. The van der Waals surface area contributed by atoms with Crippen LogP contribution in [0.3, 0.4) is 0 Å². The summed E-state index contributed by atoms with van der Waals surface area (Å²) < 4.78 is 3.88. The topological polar surface area (TPSA) is 32.6 Å². The Hall–Kier alpha value is -0.570. The van der Waals surface area contributed by atoms with Crippen LogP contribution in [0.1, 0.15) is 5.69 Å². The molecule has 11 heavy (non-hydrogen) atoms. The Labute approximate surface area is 83.3 Å². The summed E-state index contributed by atoms with van der Waals surface area (Å²) in [7, 11) is 3.88. The van der Waals surface area contributed by atoms with Crippen LogP contribution < -0.4 is 28.5 Å². The van der Waals surface area contributed by atoms with Crippen molar-refractivity contribution in [3.05, 3.63) is 18.2 Å². The fraction of sp³-hybridized carbons (Fsp3) is 0.429. The minimum absolute atomic E-state index is 0. The first-order valence-corrected chi connectivity index (χ1v) is 3.11. The zero-order chi connectivity index (χ0) is 7.56. The molecule has 0 N–H and O–H groups in total. The summed E-state index contributed by atoms with van der Waals surface area (Å²) in [5, 5.41) is 8.38. The highest BCUT2D eigenvalue weighted by Crippen LogP contribution is 1.93. The summed E-state index contributed by atoms with van der Waals surface area (Å²) in [5.41, 5.74) is 1.05. The Morgan fingerprint density at radius 2 is 2.36 bits per heavy atom. The van der Waals surface area contributed by atoms with Gasteiger partial charge in [0, 0.05) is 0 Å². The van der Waals surface area contributed by atoms with Crippen molar-refractivity contribution >= 4 is 0 Å². The summed E-state index contributed by atoms with van der Waals surface area (Å²) in [4.78, 5) is 0. The molecule has 0 aliphatic heterocycles. The van der Waals surface area contributed by atoms with Crippen LogP contribution in [0, 0.1) is 11.3 Å². The van der Waals surface area contributed by atoms with E-state index in [4.69, 9.17) is 5.26 Å². The number of hydrogen-bond donors (Lipinski definition) is 0. The third-order valence-corrected chi connectivity index (χ3v) is 1.42. The van der Waals surface area contributed by atoms with Gasteiger partial charge in [-0.15, -0.1) is 0 Å². The number of halogens is 1. The normalized spacial score (nSPS) is 8.45. The molecule has 0 atom stereocenters. The van der Waals surface area contributed by atoms with Gasteiger partial charge in [-0.05, 0) is 0 Å². The molecule has 0 aliphatic rings. The minimum Gasteiger partial charge on any atom is -1.00 e. The lowest BCUT2D eigenvalue weighted by molar-refractivity contribution is -0.671. The highest BCUT2D eigenvalue weighted by Gasteiger charge is 2.05. The van der Waals surface area contributed by atoms with Gasteiger partial charge in [0.2, 0.25) is 6.33 Å². The molecule has 0 radical (unpaired) electrons. The number of aromatic nitrogens is 2. The molecule has 0 fully saturated rings. The van der Waals surface area contributed by atoms with E-state index in [0.717, 1.165) is 5.69 Å². The quantitative estimate of drug-likeness (QED) is 0.391. The number of rotatable bonds is 1. The predicted molar refractivity (Wildman–Crippen MR) is 35.9 cm³/mol. The van der Waals surface area contributed by atoms with Crippen molar-refractivity contribution in [1.29, 1.82) is 5.26 Å². The SMILES string of the molecule is Cn1c[n+](C)cc1CC#N.[I-]. The first-order chi connectivity index (χ1) is 4.74. The first-order valence-electron chi connectivity index (χ1n) is 3.11. The average Bonchev–Trinajstić information content (AvgIpc) is 2.13. The maximum atomic E-state index is 8.38. The Morgan fingerprint density at radius 1 is 1.73 bits per heavy atom. The van der Waals surface area contributed by atoms with Gasteiger partial charge in [-0.25, -0.2) is 9.13 Å². The maximum Gasteiger partial charge on any atom is 0.243 e. The number of aryl methyl sites for hydroxylation is 2. The predicted octanol–water partition coefficient (Wildman–Crippen LogP) is -3.08. The molecule has 0 amide bonds. The zero-order valence-electron chi connectivity index (χ0n) is 6.58.